The molecule has 1 N–H and O–H groups in total. The third kappa shape index (κ3) is 2.43. The molecule has 96 valence electrons. The lowest BCUT2D eigenvalue weighted by molar-refractivity contribution is -0.630. The number of amides is 1. The van der Waals surface area contributed by atoms with Gasteiger partial charge in [0.1, 0.15) is 5.92 Å². The third-order valence-corrected chi connectivity index (χ3v) is 3.00. The Balaban J connectivity index is 0.000000574. The lowest BCUT2D eigenvalue weighted by Gasteiger charge is -2.00. The van der Waals surface area contributed by atoms with E-state index in [1.807, 2.05) is 50.4 Å². The van der Waals surface area contributed by atoms with E-state index in [9.17, 15) is 4.79 Å². The highest BCUT2D eigenvalue weighted by Crippen LogP contribution is 2.25. The fraction of sp³-hybridized carbons (Fsp3) is 0.429. The summed E-state index contributed by atoms with van der Waals surface area (Å²) in [6.45, 7) is 4.67. The molecule has 4 nitrogen and oxygen atoms in total. The molecular weight excluding hydrogens is 228 g/mol. The van der Waals surface area contributed by atoms with Crippen molar-refractivity contribution in [3.05, 3.63) is 35.9 Å². The van der Waals surface area contributed by atoms with Crippen LogP contribution in [0.5, 0.6) is 0 Å². The number of hydrogen-bond donors (Lipinski definition) is 1. The molecule has 0 bridgehead atoms. The number of hydrazone groups is 1. The topological polar surface area (TPSA) is 41.3 Å². The molecule has 0 unspecified atom stereocenters. The first-order valence-electron chi connectivity index (χ1n) is 6.45. The second kappa shape index (κ2) is 5.78. The summed E-state index contributed by atoms with van der Waals surface area (Å²) in [5.41, 5.74) is 3.87. The molecule has 1 aromatic carbocycles. The first-order chi connectivity index (χ1) is 8.84. The van der Waals surface area contributed by atoms with Crippen molar-refractivity contribution < 1.29 is 14.2 Å². The van der Waals surface area contributed by atoms with Crippen molar-refractivity contribution >= 4 is 12.1 Å². The molecule has 3 rings (SSSR count). The molecule has 0 aromatic heterocycles. The number of benzene rings is 1. The number of rotatable bonds is 1. The second-order valence-corrected chi connectivity index (χ2v) is 4.08. The van der Waals surface area contributed by atoms with Gasteiger partial charge in [-0.25, -0.2) is 0 Å². The van der Waals surface area contributed by atoms with Crippen LogP contribution in [0.15, 0.2) is 30.3 Å². The summed E-state index contributed by atoms with van der Waals surface area (Å²) in [5, 5.41) is 0. The maximum atomic E-state index is 11.6. The van der Waals surface area contributed by atoms with Gasteiger partial charge in [-0.15, -0.1) is 5.43 Å². The molecule has 0 radical (unpaired) electrons. The van der Waals surface area contributed by atoms with E-state index in [-0.39, 0.29) is 18.1 Å². The van der Waals surface area contributed by atoms with Gasteiger partial charge in [-0.2, -0.15) is 0 Å². The minimum atomic E-state index is -0.132. The summed E-state index contributed by atoms with van der Waals surface area (Å²) in [6, 6.07) is 9.89. The summed E-state index contributed by atoms with van der Waals surface area (Å²) in [5.74, 6) is 0.0506. The second-order valence-electron chi connectivity index (χ2n) is 4.08. The van der Waals surface area contributed by atoms with Crippen LogP contribution >= 0.6 is 0 Å². The number of ether oxygens (including phenoxy) is 1. The van der Waals surface area contributed by atoms with Crippen LogP contribution in [0.4, 0.5) is 0 Å². The van der Waals surface area contributed by atoms with E-state index < -0.39 is 0 Å². The predicted molar refractivity (Wildman–Crippen MR) is 69.2 cm³/mol. The molecule has 2 heterocycles. The Morgan fingerprint density at radius 3 is 2.78 bits per heavy atom. The minimum Gasteiger partial charge on any atom is -0.319 e. The van der Waals surface area contributed by atoms with E-state index in [2.05, 4.69) is 5.43 Å². The van der Waals surface area contributed by atoms with E-state index in [4.69, 9.17) is 4.74 Å². The van der Waals surface area contributed by atoms with Gasteiger partial charge in [0.05, 0.1) is 6.61 Å². The van der Waals surface area contributed by atoms with Crippen LogP contribution in [0.25, 0.3) is 0 Å². The zero-order valence-electron chi connectivity index (χ0n) is 10.8. The number of hydrazine groups is 1. The fourth-order valence-corrected chi connectivity index (χ4v) is 2.19. The summed E-state index contributed by atoms with van der Waals surface area (Å²) < 4.78 is 7.32. The van der Waals surface area contributed by atoms with Gasteiger partial charge in [0.25, 0.3) is 12.1 Å². The normalized spacial score (nSPS) is 27.4. The van der Waals surface area contributed by atoms with Gasteiger partial charge in [-0.1, -0.05) is 36.7 Å². The molecule has 18 heavy (non-hydrogen) atoms. The molecule has 2 saturated heterocycles. The minimum absolute atomic E-state index is 0.0139. The Bertz CT molecular complexity index is 442. The number of carbonyl (C=O) groups is 1. The molecule has 0 spiro atoms. The molecule has 0 aliphatic carbocycles. The van der Waals surface area contributed by atoms with Crippen LogP contribution < -0.4 is 5.43 Å². The van der Waals surface area contributed by atoms with E-state index >= 15 is 0 Å². The molecule has 2 atom stereocenters. The highest BCUT2D eigenvalue weighted by molar-refractivity contribution is 5.82. The van der Waals surface area contributed by atoms with Gasteiger partial charge in [0.2, 0.25) is 6.21 Å². The molecule has 2 fully saturated rings. The van der Waals surface area contributed by atoms with Crippen LogP contribution in [-0.2, 0) is 9.53 Å². The van der Waals surface area contributed by atoms with E-state index in [1.54, 1.807) is 4.68 Å². The Morgan fingerprint density at radius 2 is 2.06 bits per heavy atom. The van der Waals surface area contributed by atoms with Crippen LogP contribution in [0.1, 0.15) is 25.8 Å². The van der Waals surface area contributed by atoms with Gasteiger partial charge < -0.3 is 4.74 Å². The van der Waals surface area contributed by atoms with Crippen LogP contribution in [0, 0.1) is 5.92 Å². The third-order valence-electron chi connectivity index (χ3n) is 3.00. The molecule has 1 aromatic rings. The summed E-state index contributed by atoms with van der Waals surface area (Å²) in [4.78, 5) is 11.6. The first kappa shape index (κ1) is 12.8. The maximum Gasteiger partial charge on any atom is 0.297 e. The average molecular weight is 247 g/mol. The highest BCUT2D eigenvalue weighted by atomic mass is 16.5. The van der Waals surface area contributed by atoms with E-state index in [0.717, 1.165) is 12.0 Å². The van der Waals surface area contributed by atoms with Gasteiger partial charge in [0.15, 0.2) is 0 Å². The van der Waals surface area contributed by atoms with Crippen molar-refractivity contribution in [2.24, 2.45) is 5.92 Å². The standard InChI is InChI=1S/C12H12N2O2.C2H6/c15-11-10-6-7-16-12(10)14(13-11)8-9-4-2-1-3-5-9;1-2/h1-5,8,10,12H,6-7H2;1-2H3/p+1/b14-8-;/t10-,12-;/m1./s1. The maximum absolute atomic E-state index is 11.6. The van der Waals surface area contributed by atoms with Crippen molar-refractivity contribution in [2.75, 3.05) is 6.61 Å². The zero-order valence-corrected chi connectivity index (χ0v) is 10.8. The summed E-state index contributed by atoms with van der Waals surface area (Å²) in [7, 11) is 0. The Hall–Kier alpha value is -1.68. The zero-order chi connectivity index (χ0) is 13.0. The van der Waals surface area contributed by atoms with E-state index in [1.165, 1.54) is 0 Å². The predicted octanol–water partition coefficient (Wildman–Crippen LogP) is 1.55. The highest BCUT2D eigenvalue weighted by Gasteiger charge is 2.50. The number of carbonyl (C=O) groups excluding carboxylic acids is 1. The summed E-state index contributed by atoms with van der Waals surface area (Å²) >= 11 is 0. The molecule has 2 aliphatic heterocycles. The lowest BCUT2D eigenvalue weighted by atomic mass is 10.1. The number of hydrogen-bond acceptors (Lipinski definition) is 2. The van der Waals surface area contributed by atoms with Crippen molar-refractivity contribution in [1.82, 2.24) is 5.43 Å². The van der Waals surface area contributed by atoms with Crippen molar-refractivity contribution in [3.8, 4) is 0 Å². The summed E-state index contributed by atoms with van der Waals surface area (Å²) in [6.07, 6.45) is 2.59. The number of fused-ring (bicyclic) bond motifs is 1. The van der Waals surface area contributed by atoms with Crippen molar-refractivity contribution in [2.45, 2.75) is 26.5 Å². The Kier molecular flexibility index (Phi) is 4.10. The van der Waals surface area contributed by atoms with Gasteiger partial charge in [-0.3, -0.25) is 4.79 Å². The average Bonchev–Trinajstić information content (AvgIpc) is 2.99. The fourth-order valence-electron chi connectivity index (χ4n) is 2.19. The van der Waals surface area contributed by atoms with Crippen LogP contribution in [-0.4, -0.2) is 29.6 Å². The molecule has 1 amide bonds. The van der Waals surface area contributed by atoms with Gasteiger partial charge >= 0.3 is 0 Å². The van der Waals surface area contributed by atoms with E-state index in [0.29, 0.717) is 6.61 Å². The first-order valence-corrected chi connectivity index (χ1v) is 6.45. The molecular formula is C14H19N2O2+. The van der Waals surface area contributed by atoms with Crippen molar-refractivity contribution in [3.63, 3.8) is 0 Å². The molecule has 0 saturated carbocycles. The molecule has 4 heteroatoms. The van der Waals surface area contributed by atoms with Gasteiger partial charge in [-0.05, 0) is 18.6 Å². The number of nitrogens with zero attached hydrogens (tertiary/aromatic N) is 1. The van der Waals surface area contributed by atoms with Gasteiger partial charge in [0, 0.05) is 5.56 Å². The largest absolute Gasteiger partial charge is 0.319 e. The SMILES string of the molecule is CC.O=C1N/[N+](=C\c2ccccc2)[C@@H]2OCC[C@H]12. The quantitative estimate of drug-likeness (QED) is 0.765. The Morgan fingerprint density at radius 1 is 1.33 bits per heavy atom. The van der Waals surface area contributed by atoms with Crippen molar-refractivity contribution in [1.29, 1.82) is 0 Å². The smallest absolute Gasteiger partial charge is 0.297 e. The van der Waals surface area contributed by atoms with Crippen LogP contribution in [0.3, 0.4) is 0 Å². The number of nitrogens with one attached hydrogen (secondary N) is 1. The van der Waals surface area contributed by atoms with Crippen LogP contribution in [0.2, 0.25) is 0 Å². The monoisotopic (exact) mass is 247 g/mol. The Labute approximate surface area is 107 Å². The molecule has 2 aliphatic rings. The lowest BCUT2D eigenvalue weighted by Crippen LogP contribution is -2.31.